The first-order valence-corrected chi connectivity index (χ1v) is 20.1. The summed E-state index contributed by atoms with van der Waals surface area (Å²) in [7, 11) is 3.50. The molecule has 4 aliphatic heterocycles. The monoisotopic (exact) mass is 845 g/mol. The number of amides is 1. The standard InChI is InChI=1S/C41H41F4N13O3.3H2/c1-21-48-29-9-10-46-36-28-5-4-6-35(50-28)49-23-12-31(33(59)19-53(2)17-25(61-3)18-55(21)37(29)36)56(15-23)38-26-14-47-58(30-8-7-22(42)11-27(30)43)39(26)52-41(51-38)57-24-13-32(57)40(60)54(16-24)20-34(44)45;;;/h4-11,14,23-25,31-32,34H,12-13,15-20H2,1-3H3,(H,49,50);3*1H/t23?,24?,25-,31-,32+;;;/m0.../s1. The Kier molecular flexibility index (Phi) is 9.57. The lowest BCUT2D eigenvalue weighted by Gasteiger charge is -2.55. The number of nitrogens with zero attached hydrogens (tertiary/aromatic N) is 12. The second kappa shape index (κ2) is 15.0. The largest absolute Gasteiger partial charge is 0.378 e. The van der Waals surface area contributed by atoms with Crippen molar-refractivity contribution in [2.24, 2.45) is 0 Å². The van der Waals surface area contributed by atoms with Crippen molar-refractivity contribution >= 4 is 51.3 Å². The molecule has 5 atom stereocenters. The van der Waals surface area contributed by atoms with E-state index in [0.29, 0.717) is 54.3 Å². The van der Waals surface area contributed by atoms with Gasteiger partial charge in [0, 0.05) is 49.3 Å². The smallest absolute Gasteiger partial charge is 0.255 e. The average molecular weight is 846 g/mol. The molecular weight excluding hydrogens is 799 g/mol. The van der Waals surface area contributed by atoms with E-state index in [1.165, 1.54) is 16.9 Å². The number of likely N-dealkylation sites (tertiary alicyclic amines) is 1. The van der Waals surface area contributed by atoms with Gasteiger partial charge >= 0.3 is 0 Å². The summed E-state index contributed by atoms with van der Waals surface area (Å²) in [6.07, 6.45) is 0.937. The van der Waals surface area contributed by atoms with Crippen LogP contribution in [0, 0.1) is 18.6 Å². The van der Waals surface area contributed by atoms with Crippen LogP contribution in [0.25, 0.3) is 39.1 Å². The number of nitrogens with one attached hydrogen (secondary N) is 1. The molecule has 2 unspecified atom stereocenters. The molecule has 0 spiro atoms. The number of alkyl halides is 2. The van der Waals surface area contributed by atoms with E-state index in [-0.39, 0.29) is 65.2 Å². The molecule has 3 fully saturated rings. The number of hydrogen-bond acceptors (Lipinski definition) is 13. The van der Waals surface area contributed by atoms with Crippen LogP contribution in [0.4, 0.5) is 35.1 Å². The topological polar surface area (TPSA) is 156 Å². The SMILES string of the molecule is CO[C@H]1CN(C)CC(=O)[C@@H]2CC(CN2c2nc(N3C4C[C@@H]3C(=O)N(CC(F)F)C4)nc3c2cnn3-c2ccc(F)cc2F)Nc2cccc(n2)-c2nccc3nc(C)n(c23)C1.[HH].[HH].[HH]. The number of likely N-dealkylation sites (N-methyl/N-ethyl adjacent to an activating group) is 1. The summed E-state index contributed by atoms with van der Waals surface area (Å²) in [6, 6.07) is 8.38. The van der Waals surface area contributed by atoms with Crippen LogP contribution in [0.15, 0.2) is 54.9 Å². The summed E-state index contributed by atoms with van der Waals surface area (Å²) in [5.74, 6) is -0.468. The van der Waals surface area contributed by atoms with Gasteiger partial charge in [-0.05, 0) is 57.1 Å². The third-order valence-corrected chi connectivity index (χ3v) is 12.2. The van der Waals surface area contributed by atoms with Gasteiger partial charge in [-0.3, -0.25) is 19.5 Å². The number of ketones is 1. The molecule has 4 aliphatic rings. The number of anilines is 3. The van der Waals surface area contributed by atoms with E-state index >= 15 is 4.39 Å². The van der Waals surface area contributed by atoms with E-state index in [4.69, 9.17) is 29.7 Å². The number of benzene rings is 1. The number of Topliss-reactive ketones (excluding diaryl/α,β-unsaturated/α-hetero) is 1. The van der Waals surface area contributed by atoms with Gasteiger partial charge in [-0.15, -0.1) is 0 Å². The highest BCUT2D eigenvalue weighted by Gasteiger charge is 2.52. The number of piperazine rings is 1. The molecule has 322 valence electrons. The Hall–Kier alpha value is -6.28. The van der Waals surface area contributed by atoms with Crippen molar-refractivity contribution in [3.8, 4) is 17.1 Å². The molecule has 1 amide bonds. The summed E-state index contributed by atoms with van der Waals surface area (Å²) >= 11 is 0. The minimum Gasteiger partial charge on any atom is -0.378 e. The number of aryl methyl sites for hydroxylation is 1. The minimum atomic E-state index is -2.69. The van der Waals surface area contributed by atoms with Crippen LogP contribution in [0.1, 0.15) is 22.9 Å². The number of pyridine rings is 2. The van der Waals surface area contributed by atoms with Crippen LogP contribution in [0.2, 0.25) is 0 Å². The summed E-state index contributed by atoms with van der Waals surface area (Å²) < 4.78 is 65.6. The zero-order valence-corrected chi connectivity index (χ0v) is 33.4. The zero-order valence-electron chi connectivity index (χ0n) is 33.4. The third kappa shape index (κ3) is 6.77. The van der Waals surface area contributed by atoms with E-state index < -0.39 is 42.6 Å². The van der Waals surface area contributed by atoms with Gasteiger partial charge in [0.1, 0.15) is 40.7 Å². The maximum absolute atomic E-state index is 15.4. The number of rotatable bonds is 6. The summed E-state index contributed by atoms with van der Waals surface area (Å²) in [4.78, 5) is 59.2. The number of ether oxygens (including phenoxy) is 1. The predicted octanol–water partition coefficient (Wildman–Crippen LogP) is 4.59. The second-order valence-electron chi connectivity index (χ2n) is 16.2. The van der Waals surface area contributed by atoms with Gasteiger partial charge in [-0.1, -0.05) is 6.07 Å². The van der Waals surface area contributed by atoms with Gasteiger partial charge in [0.25, 0.3) is 6.43 Å². The molecule has 10 rings (SSSR count). The Morgan fingerprint density at radius 2 is 1.84 bits per heavy atom. The molecule has 0 saturated carbocycles. The Labute approximate surface area is 350 Å². The third-order valence-electron chi connectivity index (χ3n) is 12.2. The maximum Gasteiger partial charge on any atom is 0.255 e. The Morgan fingerprint density at radius 3 is 2.62 bits per heavy atom. The van der Waals surface area contributed by atoms with E-state index in [0.717, 1.165) is 33.9 Å². The highest BCUT2D eigenvalue weighted by Crippen LogP contribution is 2.40. The number of carbonyl (C=O) groups is 2. The maximum atomic E-state index is 15.4. The van der Waals surface area contributed by atoms with E-state index in [2.05, 4.69) is 15.0 Å². The van der Waals surface area contributed by atoms with Crippen molar-refractivity contribution in [1.29, 1.82) is 0 Å². The van der Waals surface area contributed by atoms with Crippen LogP contribution in [-0.2, 0) is 20.9 Å². The fourth-order valence-corrected chi connectivity index (χ4v) is 9.36. The van der Waals surface area contributed by atoms with Gasteiger partial charge in [-0.25, -0.2) is 32.2 Å². The van der Waals surface area contributed by atoms with Crippen molar-refractivity contribution in [1.82, 2.24) is 49.1 Å². The highest BCUT2D eigenvalue weighted by molar-refractivity contribution is 5.96. The number of imidazole rings is 1. The first kappa shape index (κ1) is 38.9. The van der Waals surface area contributed by atoms with Gasteiger partial charge in [0.05, 0.1) is 66.1 Å². The Balaban J connectivity index is 0.00000204. The summed E-state index contributed by atoms with van der Waals surface area (Å²) in [5.41, 5.74) is 2.96. The number of carbonyl (C=O) groups excluding carboxylic acids is 2. The van der Waals surface area contributed by atoms with Crippen molar-refractivity contribution in [3.63, 3.8) is 0 Å². The number of halogens is 4. The molecule has 16 nitrogen and oxygen atoms in total. The average Bonchev–Trinajstić information content (AvgIpc) is 3.92. The number of hydrogen-bond donors (Lipinski definition) is 1. The fourth-order valence-electron chi connectivity index (χ4n) is 9.36. The summed E-state index contributed by atoms with van der Waals surface area (Å²) in [5, 5.41) is 8.42. The zero-order chi connectivity index (χ0) is 42.3. The number of fused-ring (bicyclic) bond motifs is 8. The van der Waals surface area contributed by atoms with Gasteiger partial charge in [0.15, 0.2) is 17.2 Å². The number of methoxy groups -OCH3 is 1. The normalized spacial score (nSPS) is 23.3. The molecule has 5 aromatic heterocycles. The van der Waals surface area contributed by atoms with Crippen LogP contribution >= 0.6 is 0 Å². The van der Waals surface area contributed by atoms with Crippen molar-refractivity contribution in [2.75, 3.05) is 62.0 Å². The second-order valence-corrected chi connectivity index (χ2v) is 16.2. The molecule has 1 N–H and O–H groups in total. The number of aromatic nitrogens is 8. The van der Waals surface area contributed by atoms with Crippen LogP contribution in [0.3, 0.4) is 0 Å². The van der Waals surface area contributed by atoms with Crippen LogP contribution < -0.4 is 15.1 Å². The number of piperidine rings is 1. The van der Waals surface area contributed by atoms with Gasteiger partial charge in [0.2, 0.25) is 11.9 Å². The molecule has 6 bridgehead atoms. The lowest BCUT2D eigenvalue weighted by atomic mass is 9.87. The highest BCUT2D eigenvalue weighted by atomic mass is 19.3. The molecule has 20 heteroatoms. The van der Waals surface area contributed by atoms with Crippen molar-refractivity contribution < 1.29 is 36.2 Å². The molecule has 0 radical (unpaired) electrons. The fraction of sp³-hybridized carbons (Fsp3) is 0.415. The lowest BCUT2D eigenvalue weighted by Crippen LogP contribution is -2.72. The Morgan fingerprint density at radius 1 is 0.984 bits per heavy atom. The molecular formula is C41H47F4N13O3. The van der Waals surface area contributed by atoms with E-state index in [1.807, 2.05) is 48.0 Å². The van der Waals surface area contributed by atoms with Gasteiger partial charge in [-0.2, -0.15) is 15.1 Å². The summed E-state index contributed by atoms with van der Waals surface area (Å²) in [6.45, 7) is 2.47. The van der Waals surface area contributed by atoms with Crippen molar-refractivity contribution in [2.45, 2.75) is 63.0 Å². The molecule has 6 aromatic rings. The Bertz CT molecular complexity index is 2730. The first-order valence-electron chi connectivity index (χ1n) is 20.1. The van der Waals surface area contributed by atoms with Gasteiger partial charge < -0.3 is 29.3 Å². The molecule has 9 heterocycles. The molecule has 3 saturated heterocycles. The van der Waals surface area contributed by atoms with Crippen molar-refractivity contribution in [3.05, 3.63) is 72.3 Å². The van der Waals surface area contributed by atoms with Crippen LogP contribution in [-0.4, -0.2) is 144 Å². The van der Waals surface area contributed by atoms with E-state index in [1.54, 1.807) is 18.2 Å². The molecule has 0 aliphatic carbocycles. The van der Waals surface area contributed by atoms with Crippen LogP contribution in [0.5, 0.6) is 0 Å². The molecule has 1 aromatic carbocycles. The minimum absolute atomic E-state index is 0. The first-order chi connectivity index (χ1) is 29.4. The predicted molar refractivity (Wildman–Crippen MR) is 222 cm³/mol. The lowest BCUT2D eigenvalue weighted by molar-refractivity contribution is -0.142. The van der Waals surface area contributed by atoms with E-state index in [9.17, 15) is 22.8 Å². The molecule has 61 heavy (non-hydrogen) atoms. The quantitative estimate of drug-likeness (QED) is 0.233.